The van der Waals surface area contributed by atoms with Gasteiger partial charge < -0.3 is 5.32 Å². The van der Waals surface area contributed by atoms with Crippen LogP contribution < -0.4 is 5.32 Å². The molecule has 1 rings (SSSR count). The van der Waals surface area contributed by atoms with Gasteiger partial charge in [-0.15, -0.1) is 11.3 Å². The van der Waals surface area contributed by atoms with Crippen molar-refractivity contribution in [2.75, 3.05) is 6.54 Å². The Morgan fingerprint density at radius 1 is 1.38 bits per heavy atom. The highest BCUT2D eigenvalue weighted by molar-refractivity contribution is 7.09. The molecule has 0 aromatic carbocycles. The summed E-state index contributed by atoms with van der Waals surface area (Å²) in [6.07, 6.45) is 3.68. The van der Waals surface area contributed by atoms with Gasteiger partial charge in [-0.25, -0.2) is 0 Å². The SMILES string of the molecule is CCNC(CCc1cccs1)C(C)(C)CC. The third-order valence-electron chi connectivity index (χ3n) is 3.56. The van der Waals surface area contributed by atoms with Crippen LogP contribution in [0.1, 0.15) is 45.4 Å². The summed E-state index contributed by atoms with van der Waals surface area (Å²) in [5, 5.41) is 5.81. The Kier molecular flexibility index (Phi) is 5.50. The number of hydrogen-bond acceptors (Lipinski definition) is 2. The van der Waals surface area contributed by atoms with E-state index in [1.165, 1.54) is 24.1 Å². The maximum absolute atomic E-state index is 3.64. The van der Waals surface area contributed by atoms with E-state index in [1.54, 1.807) is 0 Å². The van der Waals surface area contributed by atoms with Crippen molar-refractivity contribution in [2.45, 2.75) is 53.0 Å². The van der Waals surface area contributed by atoms with Crippen molar-refractivity contribution in [1.29, 1.82) is 0 Å². The third kappa shape index (κ3) is 3.91. The molecule has 0 aliphatic rings. The molecular formula is C14H25NS. The Balaban J connectivity index is 2.51. The minimum Gasteiger partial charge on any atom is -0.314 e. The molecule has 0 aliphatic carbocycles. The Bertz CT molecular complexity index is 277. The van der Waals surface area contributed by atoms with Crippen molar-refractivity contribution >= 4 is 11.3 Å². The van der Waals surface area contributed by atoms with Gasteiger partial charge in [-0.3, -0.25) is 0 Å². The van der Waals surface area contributed by atoms with E-state index in [4.69, 9.17) is 0 Å². The van der Waals surface area contributed by atoms with Crippen LogP contribution in [-0.2, 0) is 6.42 Å². The molecule has 16 heavy (non-hydrogen) atoms. The second-order valence-corrected chi connectivity index (χ2v) is 6.10. The average molecular weight is 239 g/mol. The molecule has 1 heterocycles. The maximum atomic E-state index is 3.64. The van der Waals surface area contributed by atoms with E-state index in [-0.39, 0.29) is 0 Å². The number of thiophene rings is 1. The minimum absolute atomic E-state index is 0.396. The third-order valence-corrected chi connectivity index (χ3v) is 4.50. The monoisotopic (exact) mass is 239 g/mol. The van der Waals surface area contributed by atoms with Crippen molar-refractivity contribution in [1.82, 2.24) is 5.32 Å². The Labute approximate surface area is 104 Å². The Morgan fingerprint density at radius 2 is 2.12 bits per heavy atom. The van der Waals surface area contributed by atoms with E-state index in [0.29, 0.717) is 11.5 Å². The Morgan fingerprint density at radius 3 is 2.62 bits per heavy atom. The van der Waals surface area contributed by atoms with Crippen LogP contribution in [0.4, 0.5) is 0 Å². The van der Waals surface area contributed by atoms with Gasteiger partial charge in [-0.2, -0.15) is 0 Å². The van der Waals surface area contributed by atoms with Gasteiger partial charge >= 0.3 is 0 Å². The van der Waals surface area contributed by atoms with Crippen LogP contribution in [0.25, 0.3) is 0 Å². The molecule has 0 aliphatic heterocycles. The van der Waals surface area contributed by atoms with Crippen LogP contribution in [0.15, 0.2) is 17.5 Å². The van der Waals surface area contributed by atoms with Crippen LogP contribution in [0.5, 0.6) is 0 Å². The van der Waals surface area contributed by atoms with Gasteiger partial charge in [0.1, 0.15) is 0 Å². The summed E-state index contributed by atoms with van der Waals surface area (Å²) >= 11 is 1.87. The van der Waals surface area contributed by atoms with Crippen molar-refractivity contribution in [2.24, 2.45) is 5.41 Å². The highest BCUT2D eigenvalue weighted by Gasteiger charge is 2.26. The van der Waals surface area contributed by atoms with Crippen molar-refractivity contribution in [3.8, 4) is 0 Å². The fraction of sp³-hybridized carbons (Fsp3) is 0.714. The van der Waals surface area contributed by atoms with Crippen LogP contribution in [0.2, 0.25) is 0 Å². The molecule has 1 unspecified atom stereocenters. The van der Waals surface area contributed by atoms with Crippen LogP contribution >= 0.6 is 11.3 Å². The highest BCUT2D eigenvalue weighted by Crippen LogP contribution is 2.28. The smallest absolute Gasteiger partial charge is 0.0121 e. The van der Waals surface area contributed by atoms with Crippen molar-refractivity contribution in [3.63, 3.8) is 0 Å². The summed E-state index contributed by atoms with van der Waals surface area (Å²) in [5.41, 5.74) is 0.396. The molecule has 92 valence electrons. The quantitative estimate of drug-likeness (QED) is 0.755. The lowest BCUT2D eigenvalue weighted by molar-refractivity contribution is 0.223. The normalized spacial score (nSPS) is 14.0. The van der Waals surface area contributed by atoms with E-state index >= 15 is 0 Å². The largest absolute Gasteiger partial charge is 0.314 e. The molecule has 2 heteroatoms. The van der Waals surface area contributed by atoms with E-state index in [9.17, 15) is 0 Å². The zero-order chi connectivity index (χ0) is 12.0. The summed E-state index contributed by atoms with van der Waals surface area (Å²) in [7, 11) is 0. The Hall–Kier alpha value is -0.340. The van der Waals surface area contributed by atoms with Gasteiger partial charge in [-0.05, 0) is 42.7 Å². The molecule has 0 fully saturated rings. The summed E-state index contributed by atoms with van der Waals surface area (Å²) < 4.78 is 0. The summed E-state index contributed by atoms with van der Waals surface area (Å²) in [6, 6.07) is 5.02. The lowest BCUT2D eigenvalue weighted by atomic mass is 9.79. The van der Waals surface area contributed by atoms with E-state index in [0.717, 1.165) is 6.54 Å². The number of hydrogen-bond donors (Lipinski definition) is 1. The van der Waals surface area contributed by atoms with Gasteiger partial charge in [0, 0.05) is 10.9 Å². The first kappa shape index (κ1) is 13.7. The summed E-state index contributed by atoms with van der Waals surface area (Å²) in [6.45, 7) is 10.3. The fourth-order valence-electron chi connectivity index (χ4n) is 2.00. The lowest BCUT2D eigenvalue weighted by Gasteiger charge is -2.34. The molecule has 0 saturated heterocycles. The predicted octanol–water partition coefficient (Wildman–Crippen LogP) is 4.10. The maximum Gasteiger partial charge on any atom is 0.0121 e. The summed E-state index contributed by atoms with van der Waals surface area (Å²) in [4.78, 5) is 1.51. The molecular weight excluding hydrogens is 214 g/mol. The van der Waals surface area contributed by atoms with Gasteiger partial charge in [0.2, 0.25) is 0 Å². The van der Waals surface area contributed by atoms with Gasteiger partial charge in [-0.1, -0.05) is 33.8 Å². The molecule has 1 atom stereocenters. The zero-order valence-electron chi connectivity index (χ0n) is 11.0. The van der Waals surface area contributed by atoms with Crippen LogP contribution in [0, 0.1) is 5.41 Å². The molecule has 0 spiro atoms. The topological polar surface area (TPSA) is 12.0 Å². The van der Waals surface area contributed by atoms with E-state index < -0.39 is 0 Å². The average Bonchev–Trinajstić information content (AvgIpc) is 2.76. The second kappa shape index (κ2) is 6.41. The molecule has 0 saturated carbocycles. The minimum atomic E-state index is 0.396. The highest BCUT2D eigenvalue weighted by atomic mass is 32.1. The van der Waals surface area contributed by atoms with Gasteiger partial charge in [0.15, 0.2) is 0 Å². The van der Waals surface area contributed by atoms with Crippen LogP contribution in [0.3, 0.4) is 0 Å². The number of rotatable bonds is 7. The fourth-order valence-corrected chi connectivity index (χ4v) is 2.73. The van der Waals surface area contributed by atoms with Gasteiger partial charge in [0.05, 0.1) is 0 Å². The first-order valence-corrected chi connectivity index (χ1v) is 7.24. The van der Waals surface area contributed by atoms with Gasteiger partial charge in [0.25, 0.3) is 0 Å². The van der Waals surface area contributed by atoms with E-state index in [2.05, 4.69) is 50.5 Å². The predicted molar refractivity (Wildman–Crippen MR) is 74.2 cm³/mol. The first-order valence-electron chi connectivity index (χ1n) is 6.36. The molecule has 1 N–H and O–H groups in total. The lowest BCUT2D eigenvalue weighted by Crippen LogP contribution is -2.41. The molecule has 0 amide bonds. The summed E-state index contributed by atoms with van der Waals surface area (Å²) in [5.74, 6) is 0. The second-order valence-electron chi connectivity index (χ2n) is 5.07. The standard InChI is InChI=1S/C14H25NS/c1-5-14(3,4)13(15-6-2)10-9-12-8-7-11-16-12/h7-8,11,13,15H,5-6,9-10H2,1-4H3. The molecule has 0 bridgehead atoms. The molecule has 0 radical (unpaired) electrons. The van der Waals surface area contributed by atoms with Crippen LogP contribution in [-0.4, -0.2) is 12.6 Å². The number of nitrogens with one attached hydrogen (secondary N) is 1. The first-order chi connectivity index (χ1) is 7.60. The van der Waals surface area contributed by atoms with E-state index in [1.807, 2.05) is 11.3 Å². The van der Waals surface area contributed by atoms with Crippen molar-refractivity contribution in [3.05, 3.63) is 22.4 Å². The molecule has 1 nitrogen and oxygen atoms in total. The zero-order valence-corrected chi connectivity index (χ0v) is 11.9. The number of aryl methyl sites for hydroxylation is 1. The molecule has 1 aromatic rings. The van der Waals surface area contributed by atoms with Crippen molar-refractivity contribution < 1.29 is 0 Å². The molecule has 1 aromatic heterocycles.